The van der Waals surface area contributed by atoms with E-state index < -0.39 is 10.0 Å². The van der Waals surface area contributed by atoms with Gasteiger partial charge in [0.2, 0.25) is 0 Å². The second-order valence-corrected chi connectivity index (χ2v) is 8.59. The van der Waals surface area contributed by atoms with Crippen LogP contribution in [-0.2, 0) is 22.9 Å². The minimum absolute atomic E-state index is 0.299. The van der Waals surface area contributed by atoms with Crippen molar-refractivity contribution < 1.29 is 8.42 Å². The smallest absolute Gasteiger partial charge is 0.263 e. The van der Waals surface area contributed by atoms with E-state index in [-0.39, 0.29) is 0 Å². The third-order valence-electron chi connectivity index (χ3n) is 4.52. The minimum atomic E-state index is -3.63. The number of anilines is 2. The van der Waals surface area contributed by atoms with Gasteiger partial charge >= 0.3 is 0 Å². The number of sulfonamides is 1. The highest BCUT2D eigenvalue weighted by Crippen LogP contribution is 2.25. The number of nitrogens with one attached hydrogen (secondary N) is 2. The van der Waals surface area contributed by atoms with Gasteiger partial charge in [0.05, 0.1) is 16.8 Å². The van der Waals surface area contributed by atoms with Crippen LogP contribution in [0.15, 0.2) is 41.4 Å². The Bertz CT molecular complexity index is 848. The normalized spacial score (nSPS) is 14.1. The van der Waals surface area contributed by atoms with Crippen molar-refractivity contribution in [2.24, 2.45) is 0 Å². The molecule has 0 bridgehead atoms. The molecule has 6 nitrogen and oxygen atoms in total. The van der Waals surface area contributed by atoms with Crippen molar-refractivity contribution in [3.8, 4) is 0 Å². The summed E-state index contributed by atoms with van der Waals surface area (Å²) in [4.78, 5) is 6.59. The Hall–Kier alpha value is -2.12. The zero-order chi connectivity index (χ0) is 18.6. The average Bonchev–Trinajstić information content (AvgIpc) is 2.62. The highest BCUT2D eigenvalue weighted by Gasteiger charge is 2.18. The van der Waals surface area contributed by atoms with Crippen LogP contribution >= 0.6 is 0 Å². The van der Waals surface area contributed by atoms with Gasteiger partial charge in [0, 0.05) is 13.1 Å². The van der Waals surface area contributed by atoms with Gasteiger partial charge in [0.25, 0.3) is 10.0 Å². The fraction of sp³-hybridized carbons (Fsp3) is 0.421. The molecule has 7 heteroatoms. The van der Waals surface area contributed by atoms with Crippen molar-refractivity contribution in [2.45, 2.75) is 30.6 Å². The molecule has 0 spiro atoms. The first-order valence-electron chi connectivity index (χ1n) is 8.93. The number of aromatic nitrogens is 1. The van der Waals surface area contributed by atoms with Gasteiger partial charge in [-0.2, -0.15) is 0 Å². The highest BCUT2D eigenvalue weighted by molar-refractivity contribution is 7.92. The second kappa shape index (κ2) is 8.05. The summed E-state index contributed by atoms with van der Waals surface area (Å²) in [5, 5.41) is 3.25. The van der Waals surface area contributed by atoms with E-state index in [1.165, 1.54) is 12.0 Å². The van der Waals surface area contributed by atoms with E-state index in [1.54, 1.807) is 24.4 Å². The number of pyridine rings is 1. The van der Waals surface area contributed by atoms with E-state index in [0.717, 1.165) is 43.6 Å². The Morgan fingerprint density at radius 1 is 1.08 bits per heavy atom. The highest BCUT2D eigenvalue weighted by atomic mass is 32.2. The Morgan fingerprint density at radius 3 is 2.54 bits per heavy atom. The lowest BCUT2D eigenvalue weighted by Crippen LogP contribution is -2.20. The topological polar surface area (TPSA) is 74.3 Å². The average molecular weight is 375 g/mol. The second-order valence-electron chi connectivity index (χ2n) is 6.91. The third kappa shape index (κ3) is 4.74. The summed E-state index contributed by atoms with van der Waals surface area (Å²) in [5.74, 6) is 0.320. The first-order chi connectivity index (χ1) is 12.4. The summed E-state index contributed by atoms with van der Waals surface area (Å²) in [5.41, 5.74) is 3.28. The monoisotopic (exact) mass is 374 g/mol. The first kappa shape index (κ1) is 18.7. The molecule has 26 heavy (non-hydrogen) atoms. The zero-order valence-corrected chi connectivity index (χ0v) is 16.1. The summed E-state index contributed by atoms with van der Waals surface area (Å²) < 4.78 is 27.9. The predicted octanol–water partition coefficient (Wildman–Crippen LogP) is 2.73. The van der Waals surface area contributed by atoms with E-state index in [2.05, 4.69) is 19.9 Å². The van der Waals surface area contributed by atoms with Crippen molar-refractivity contribution in [2.75, 3.05) is 37.2 Å². The van der Waals surface area contributed by atoms with Gasteiger partial charge in [-0.3, -0.25) is 4.72 Å². The van der Waals surface area contributed by atoms with E-state index >= 15 is 0 Å². The SMILES string of the molecule is CN(C)CCNc1ccc(NS(=O)(=O)c2ccc3c(c2)CCCC3)nc1. The molecule has 1 aliphatic carbocycles. The largest absolute Gasteiger partial charge is 0.383 e. The lowest BCUT2D eigenvalue weighted by molar-refractivity contribution is 0.425. The molecule has 1 heterocycles. The number of hydrogen-bond acceptors (Lipinski definition) is 5. The molecular formula is C19H26N4O2S. The van der Waals surface area contributed by atoms with Gasteiger partial charge in [-0.05, 0) is 75.2 Å². The van der Waals surface area contributed by atoms with Crippen LogP contribution in [0.5, 0.6) is 0 Å². The number of aryl methyl sites for hydroxylation is 2. The van der Waals surface area contributed by atoms with Crippen LogP contribution in [0, 0.1) is 0 Å². The van der Waals surface area contributed by atoms with E-state index in [9.17, 15) is 8.42 Å². The molecule has 0 amide bonds. The number of likely N-dealkylation sites (N-methyl/N-ethyl adjacent to an activating group) is 1. The Morgan fingerprint density at radius 2 is 1.85 bits per heavy atom. The van der Waals surface area contributed by atoms with E-state index in [4.69, 9.17) is 0 Å². The Labute approximate surface area is 155 Å². The molecule has 0 fully saturated rings. The quantitative estimate of drug-likeness (QED) is 0.779. The van der Waals surface area contributed by atoms with Crippen LogP contribution in [0.1, 0.15) is 24.0 Å². The fourth-order valence-electron chi connectivity index (χ4n) is 3.06. The van der Waals surface area contributed by atoms with Gasteiger partial charge in [0.15, 0.2) is 0 Å². The van der Waals surface area contributed by atoms with E-state index in [0.29, 0.717) is 10.7 Å². The maximum atomic E-state index is 12.6. The predicted molar refractivity (Wildman–Crippen MR) is 105 cm³/mol. The zero-order valence-electron chi connectivity index (χ0n) is 15.3. The van der Waals surface area contributed by atoms with Crippen LogP contribution in [0.3, 0.4) is 0 Å². The van der Waals surface area contributed by atoms with Crippen LogP contribution < -0.4 is 10.0 Å². The summed E-state index contributed by atoms with van der Waals surface area (Å²) >= 11 is 0. The molecule has 0 unspecified atom stereocenters. The molecule has 1 aromatic heterocycles. The summed E-state index contributed by atoms with van der Waals surface area (Å²) in [7, 11) is 0.397. The number of nitrogens with zero attached hydrogens (tertiary/aromatic N) is 2. The molecule has 0 aliphatic heterocycles. The van der Waals surface area contributed by atoms with Crippen LogP contribution in [0.4, 0.5) is 11.5 Å². The van der Waals surface area contributed by atoms with Crippen molar-refractivity contribution in [1.29, 1.82) is 0 Å². The van der Waals surface area contributed by atoms with Crippen molar-refractivity contribution in [3.05, 3.63) is 47.7 Å². The lowest BCUT2D eigenvalue weighted by atomic mass is 9.92. The molecule has 1 aliphatic rings. The Balaban J connectivity index is 1.67. The molecule has 2 aromatic rings. The first-order valence-corrected chi connectivity index (χ1v) is 10.4. The molecule has 0 atom stereocenters. The molecule has 140 valence electrons. The molecular weight excluding hydrogens is 348 g/mol. The molecule has 0 radical (unpaired) electrons. The van der Waals surface area contributed by atoms with Crippen LogP contribution in [0.2, 0.25) is 0 Å². The Kier molecular flexibility index (Phi) is 5.78. The third-order valence-corrected chi connectivity index (χ3v) is 5.87. The van der Waals surface area contributed by atoms with Gasteiger partial charge in [-0.1, -0.05) is 6.07 Å². The maximum absolute atomic E-state index is 12.6. The van der Waals surface area contributed by atoms with Crippen molar-refractivity contribution in [1.82, 2.24) is 9.88 Å². The van der Waals surface area contributed by atoms with Gasteiger partial charge < -0.3 is 10.2 Å². The molecule has 3 rings (SSSR count). The summed E-state index contributed by atoms with van der Waals surface area (Å²) in [6.07, 6.45) is 5.92. The standard InChI is InChI=1S/C19H26N4O2S/c1-23(2)12-11-20-17-8-10-19(21-14-17)22-26(24,25)18-9-7-15-5-3-4-6-16(15)13-18/h7-10,13-14,20H,3-6,11-12H2,1-2H3,(H,21,22). The van der Waals surface area contributed by atoms with Crippen LogP contribution in [0.25, 0.3) is 0 Å². The number of benzene rings is 1. The number of rotatable bonds is 7. The fourth-order valence-corrected chi connectivity index (χ4v) is 4.11. The molecule has 1 aromatic carbocycles. The number of fused-ring (bicyclic) bond motifs is 1. The van der Waals surface area contributed by atoms with Crippen molar-refractivity contribution >= 4 is 21.5 Å². The van der Waals surface area contributed by atoms with Gasteiger partial charge in [0.1, 0.15) is 5.82 Å². The molecule has 2 N–H and O–H groups in total. The number of hydrogen-bond donors (Lipinski definition) is 2. The summed E-state index contributed by atoms with van der Waals surface area (Å²) in [6.45, 7) is 1.71. The summed E-state index contributed by atoms with van der Waals surface area (Å²) in [6, 6.07) is 8.92. The van der Waals surface area contributed by atoms with Crippen molar-refractivity contribution in [3.63, 3.8) is 0 Å². The van der Waals surface area contributed by atoms with E-state index in [1.807, 2.05) is 26.2 Å². The lowest BCUT2D eigenvalue weighted by Gasteiger charge is -2.17. The van der Waals surface area contributed by atoms with Gasteiger partial charge in [-0.25, -0.2) is 13.4 Å². The van der Waals surface area contributed by atoms with Gasteiger partial charge in [-0.15, -0.1) is 0 Å². The van der Waals surface area contributed by atoms with Crippen LogP contribution in [-0.4, -0.2) is 45.5 Å². The minimum Gasteiger partial charge on any atom is -0.383 e. The molecule has 0 saturated heterocycles. The molecule has 0 saturated carbocycles. The maximum Gasteiger partial charge on any atom is 0.263 e.